The molecule has 2 aromatic heterocycles. The van der Waals surface area contributed by atoms with Gasteiger partial charge in [0.15, 0.2) is 0 Å². The van der Waals surface area contributed by atoms with Gasteiger partial charge in [0.1, 0.15) is 11.5 Å². The zero-order valence-electron chi connectivity index (χ0n) is 14.6. The summed E-state index contributed by atoms with van der Waals surface area (Å²) in [4.78, 5) is 11.4. The van der Waals surface area contributed by atoms with Crippen LogP contribution in [0.4, 0.5) is 11.8 Å². The number of aromatic nitrogens is 3. The van der Waals surface area contributed by atoms with Crippen molar-refractivity contribution in [1.29, 1.82) is 0 Å². The van der Waals surface area contributed by atoms with Crippen LogP contribution in [-0.4, -0.2) is 15.0 Å². The Balaban J connectivity index is 1.58. The summed E-state index contributed by atoms with van der Waals surface area (Å²) in [7, 11) is 0. The van der Waals surface area contributed by atoms with E-state index >= 15 is 0 Å². The van der Waals surface area contributed by atoms with Gasteiger partial charge in [-0.25, -0.2) is 0 Å². The molecule has 0 spiro atoms. The molecule has 0 radical (unpaired) electrons. The number of aromatic amines is 1. The van der Waals surface area contributed by atoms with Crippen LogP contribution in [0.2, 0.25) is 0 Å². The number of fused-ring (bicyclic) bond motifs is 1. The van der Waals surface area contributed by atoms with Gasteiger partial charge in [-0.2, -0.15) is 9.97 Å². The van der Waals surface area contributed by atoms with Crippen LogP contribution in [0.1, 0.15) is 24.0 Å². The molecular weight excluding hydrogens is 322 g/mol. The van der Waals surface area contributed by atoms with Gasteiger partial charge in [0.05, 0.1) is 5.39 Å². The van der Waals surface area contributed by atoms with Crippen LogP contribution in [0, 0.1) is 0 Å². The van der Waals surface area contributed by atoms with E-state index in [1.165, 1.54) is 16.7 Å². The Morgan fingerprint density at radius 3 is 2.35 bits per heavy atom. The lowest BCUT2D eigenvalue weighted by molar-refractivity contribution is 0.763. The van der Waals surface area contributed by atoms with Crippen LogP contribution in [0.3, 0.4) is 0 Å². The van der Waals surface area contributed by atoms with Crippen LogP contribution < -0.4 is 11.5 Å². The molecule has 4 rings (SSSR count). The van der Waals surface area contributed by atoms with Crippen LogP contribution in [0.5, 0.6) is 0 Å². The van der Waals surface area contributed by atoms with E-state index in [0.717, 1.165) is 17.4 Å². The number of anilines is 2. The van der Waals surface area contributed by atoms with Crippen molar-refractivity contribution in [3.05, 3.63) is 71.9 Å². The normalized spacial score (nSPS) is 12.3. The quantitative estimate of drug-likeness (QED) is 0.519. The number of rotatable bonds is 4. The highest BCUT2D eigenvalue weighted by molar-refractivity contribution is 5.90. The van der Waals surface area contributed by atoms with Crippen LogP contribution in [0.25, 0.3) is 22.2 Å². The van der Waals surface area contributed by atoms with E-state index in [9.17, 15) is 0 Å². The molecule has 0 saturated heterocycles. The van der Waals surface area contributed by atoms with Crippen molar-refractivity contribution in [2.75, 3.05) is 11.5 Å². The molecule has 1 unspecified atom stereocenters. The standard InChI is InChI=1S/C21H21N5/c1-13(11-17-12-24-20-18(17)19(22)25-21(23)26-20)14-7-9-16(10-8-14)15-5-3-2-4-6-15/h2-10,12-13H,11H2,1H3,(H5,22,23,24,25,26). The minimum Gasteiger partial charge on any atom is -0.383 e. The predicted octanol–water partition coefficient (Wildman–Crippen LogP) is 4.14. The molecule has 0 aliphatic rings. The Bertz CT molecular complexity index is 1040. The Hall–Kier alpha value is -3.34. The van der Waals surface area contributed by atoms with Gasteiger partial charge in [-0.1, -0.05) is 61.5 Å². The Kier molecular flexibility index (Phi) is 4.05. The first-order valence-corrected chi connectivity index (χ1v) is 8.66. The maximum atomic E-state index is 6.05. The number of H-pyrrole nitrogens is 1. The molecular formula is C21H21N5. The average molecular weight is 343 g/mol. The maximum Gasteiger partial charge on any atom is 0.223 e. The zero-order chi connectivity index (χ0) is 18.1. The van der Waals surface area contributed by atoms with Gasteiger partial charge in [-0.3, -0.25) is 0 Å². The Labute approximate surface area is 152 Å². The fourth-order valence-corrected chi connectivity index (χ4v) is 3.39. The molecule has 0 aliphatic heterocycles. The molecule has 5 N–H and O–H groups in total. The number of hydrogen-bond acceptors (Lipinski definition) is 4. The topological polar surface area (TPSA) is 93.6 Å². The van der Waals surface area contributed by atoms with Gasteiger partial charge in [0.2, 0.25) is 5.95 Å². The summed E-state index contributed by atoms with van der Waals surface area (Å²) in [5, 5.41) is 0.868. The average Bonchev–Trinajstić information content (AvgIpc) is 3.05. The van der Waals surface area contributed by atoms with Crippen molar-refractivity contribution in [3.63, 3.8) is 0 Å². The lowest BCUT2D eigenvalue weighted by Crippen LogP contribution is -2.02. The van der Waals surface area contributed by atoms with E-state index in [0.29, 0.717) is 17.4 Å². The van der Waals surface area contributed by atoms with Crippen molar-refractivity contribution in [3.8, 4) is 11.1 Å². The van der Waals surface area contributed by atoms with Gasteiger partial charge >= 0.3 is 0 Å². The molecule has 130 valence electrons. The van der Waals surface area contributed by atoms with Crippen molar-refractivity contribution in [2.24, 2.45) is 0 Å². The fraction of sp³-hybridized carbons (Fsp3) is 0.143. The van der Waals surface area contributed by atoms with E-state index in [1.54, 1.807) is 0 Å². The SMILES string of the molecule is CC(Cc1c[nH]c2nc(N)nc(N)c12)c1ccc(-c2ccccc2)cc1. The second-order valence-corrected chi connectivity index (χ2v) is 6.60. The first kappa shape index (κ1) is 16.1. The maximum absolute atomic E-state index is 6.05. The third-order valence-electron chi connectivity index (χ3n) is 4.77. The highest BCUT2D eigenvalue weighted by Crippen LogP contribution is 2.29. The van der Waals surface area contributed by atoms with Crippen molar-refractivity contribution >= 4 is 22.8 Å². The van der Waals surface area contributed by atoms with E-state index < -0.39 is 0 Å². The van der Waals surface area contributed by atoms with Gasteiger partial charge in [-0.05, 0) is 34.6 Å². The van der Waals surface area contributed by atoms with Crippen molar-refractivity contribution in [2.45, 2.75) is 19.3 Å². The molecule has 2 heterocycles. The zero-order valence-corrected chi connectivity index (χ0v) is 14.6. The molecule has 26 heavy (non-hydrogen) atoms. The minimum absolute atomic E-state index is 0.188. The number of nitrogens with zero attached hydrogens (tertiary/aromatic N) is 2. The number of benzene rings is 2. The number of nitrogens with one attached hydrogen (secondary N) is 1. The number of nitrogen functional groups attached to an aromatic ring is 2. The van der Waals surface area contributed by atoms with Crippen LogP contribution in [0.15, 0.2) is 60.8 Å². The molecule has 5 heteroatoms. The Morgan fingerprint density at radius 1 is 0.923 bits per heavy atom. The lowest BCUT2D eigenvalue weighted by Gasteiger charge is -2.13. The first-order chi connectivity index (χ1) is 12.6. The van der Waals surface area contributed by atoms with Crippen molar-refractivity contribution < 1.29 is 0 Å². The van der Waals surface area contributed by atoms with Crippen molar-refractivity contribution in [1.82, 2.24) is 15.0 Å². The summed E-state index contributed by atoms with van der Waals surface area (Å²) in [6.07, 6.45) is 2.80. The highest BCUT2D eigenvalue weighted by Gasteiger charge is 2.14. The fourth-order valence-electron chi connectivity index (χ4n) is 3.39. The third-order valence-corrected chi connectivity index (χ3v) is 4.77. The van der Waals surface area contributed by atoms with E-state index in [4.69, 9.17) is 11.5 Å². The van der Waals surface area contributed by atoms with Gasteiger partial charge in [0.25, 0.3) is 0 Å². The molecule has 0 amide bonds. The molecule has 5 nitrogen and oxygen atoms in total. The van der Waals surface area contributed by atoms with Gasteiger partial charge in [-0.15, -0.1) is 0 Å². The second kappa shape index (κ2) is 6.52. The molecule has 0 fully saturated rings. The summed E-state index contributed by atoms with van der Waals surface area (Å²) in [6.45, 7) is 2.21. The van der Waals surface area contributed by atoms with Crippen LogP contribution >= 0.6 is 0 Å². The molecule has 0 bridgehead atoms. The summed E-state index contributed by atoms with van der Waals surface area (Å²) in [5.41, 5.74) is 17.3. The smallest absolute Gasteiger partial charge is 0.223 e. The highest BCUT2D eigenvalue weighted by atomic mass is 15.1. The lowest BCUT2D eigenvalue weighted by atomic mass is 9.92. The summed E-state index contributed by atoms with van der Waals surface area (Å²) in [5.74, 6) is 0.958. The largest absolute Gasteiger partial charge is 0.383 e. The minimum atomic E-state index is 0.188. The Morgan fingerprint density at radius 2 is 1.62 bits per heavy atom. The van der Waals surface area contributed by atoms with Crippen LogP contribution in [-0.2, 0) is 6.42 Å². The summed E-state index contributed by atoms with van der Waals surface area (Å²) in [6, 6.07) is 19.1. The van der Waals surface area contributed by atoms with E-state index in [2.05, 4.69) is 70.4 Å². The molecule has 2 aromatic carbocycles. The molecule has 1 atom stereocenters. The van der Waals surface area contributed by atoms with Gasteiger partial charge in [0, 0.05) is 6.20 Å². The molecule has 0 saturated carbocycles. The van der Waals surface area contributed by atoms with E-state index in [-0.39, 0.29) is 5.95 Å². The monoisotopic (exact) mass is 343 g/mol. The molecule has 4 aromatic rings. The number of hydrogen-bond donors (Lipinski definition) is 3. The van der Waals surface area contributed by atoms with E-state index in [1.807, 2.05) is 12.3 Å². The van der Waals surface area contributed by atoms with Gasteiger partial charge < -0.3 is 16.5 Å². The first-order valence-electron chi connectivity index (χ1n) is 8.66. The third kappa shape index (κ3) is 2.99. The molecule has 0 aliphatic carbocycles. The second-order valence-electron chi connectivity index (χ2n) is 6.60. The summed E-state index contributed by atoms with van der Waals surface area (Å²) < 4.78 is 0. The number of nitrogens with two attached hydrogens (primary N) is 2. The summed E-state index contributed by atoms with van der Waals surface area (Å²) >= 11 is 0. The predicted molar refractivity (Wildman–Crippen MR) is 107 cm³/mol.